The molecule has 2 fully saturated rings. The van der Waals surface area contributed by atoms with Crippen molar-refractivity contribution in [3.8, 4) is 5.69 Å². The van der Waals surface area contributed by atoms with Gasteiger partial charge < -0.3 is 15.5 Å². The summed E-state index contributed by atoms with van der Waals surface area (Å²) in [5.74, 6) is -0.487. The van der Waals surface area contributed by atoms with E-state index in [0.717, 1.165) is 23.4 Å². The number of hydrogen-bond donors (Lipinski definition) is 2. The van der Waals surface area contributed by atoms with Crippen LogP contribution in [0, 0.1) is 0 Å². The number of aromatic nitrogens is 2. The number of piperazine rings is 1. The predicted octanol–water partition coefficient (Wildman–Crippen LogP) is 2.27. The molecule has 5 rings (SSSR count). The zero-order chi connectivity index (χ0) is 24.4. The molecule has 0 spiro atoms. The molecule has 3 aromatic rings. The molecule has 0 bridgehead atoms. The highest BCUT2D eigenvalue weighted by Gasteiger charge is 2.46. The van der Waals surface area contributed by atoms with E-state index in [9.17, 15) is 14.4 Å². The molecule has 2 aromatic carbocycles. The zero-order valence-corrected chi connectivity index (χ0v) is 19.7. The van der Waals surface area contributed by atoms with Gasteiger partial charge in [0.15, 0.2) is 0 Å². The number of nitrogens with zero attached hydrogens (tertiary/aromatic N) is 3. The average Bonchev–Trinajstić information content (AvgIpc) is 3.49. The van der Waals surface area contributed by atoms with Gasteiger partial charge in [0.1, 0.15) is 12.1 Å². The fourth-order valence-electron chi connectivity index (χ4n) is 5.05. The van der Waals surface area contributed by atoms with E-state index in [1.54, 1.807) is 11.1 Å². The molecule has 35 heavy (non-hydrogen) atoms. The Hall–Kier alpha value is -3.94. The van der Waals surface area contributed by atoms with E-state index in [1.807, 2.05) is 65.3 Å². The molecule has 1 aromatic heterocycles. The van der Waals surface area contributed by atoms with Gasteiger partial charge in [0, 0.05) is 19.0 Å². The lowest BCUT2D eigenvalue weighted by Gasteiger charge is -2.34. The maximum atomic E-state index is 13.2. The van der Waals surface area contributed by atoms with Crippen LogP contribution in [0.5, 0.6) is 0 Å². The molecule has 2 aliphatic rings. The molecule has 2 saturated heterocycles. The first-order chi connectivity index (χ1) is 17.0. The highest BCUT2D eigenvalue weighted by atomic mass is 16.2. The second-order valence-corrected chi connectivity index (χ2v) is 9.17. The van der Waals surface area contributed by atoms with Crippen LogP contribution in [-0.4, -0.2) is 57.1 Å². The SMILES string of the molecule is CCCc1c(C(=O)N[C@H]2C[C@H]3C(=O)N[C@H](Cc4ccccc4)C(=O)N3C2)cnn1-c1ccccc1. The Bertz CT molecular complexity index is 1220. The summed E-state index contributed by atoms with van der Waals surface area (Å²) in [6, 6.07) is 17.9. The van der Waals surface area contributed by atoms with Crippen LogP contribution in [0.2, 0.25) is 0 Å². The van der Waals surface area contributed by atoms with Crippen LogP contribution in [0.1, 0.15) is 41.4 Å². The summed E-state index contributed by atoms with van der Waals surface area (Å²) in [5.41, 5.74) is 3.27. The van der Waals surface area contributed by atoms with Crippen LogP contribution in [-0.2, 0) is 22.4 Å². The van der Waals surface area contributed by atoms with Gasteiger partial charge in [0.2, 0.25) is 11.8 Å². The molecule has 8 nitrogen and oxygen atoms in total. The molecule has 3 atom stereocenters. The van der Waals surface area contributed by atoms with Crippen LogP contribution in [0.25, 0.3) is 5.69 Å². The number of hydrogen-bond acceptors (Lipinski definition) is 4. The summed E-state index contributed by atoms with van der Waals surface area (Å²) < 4.78 is 1.81. The van der Waals surface area contributed by atoms with Crippen LogP contribution in [0.4, 0.5) is 0 Å². The third kappa shape index (κ3) is 4.56. The number of rotatable bonds is 7. The molecule has 8 heteroatoms. The predicted molar refractivity (Wildman–Crippen MR) is 131 cm³/mol. The zero-order valence-electron chi connectivity index (χ0n) is 19.7. The Morgan fingerprint density at radius 1 is 1.09 bits per heavy atom. The molecule has 0 saturated carbocycles. The molecule has 3 heterocycles. The summed E-state index contributed by atoms with van der Waals surface area (Å²) >= 11 is 0. The van der Waals surface area contributed by atoms with Crippen molar-refractivity contribution in [3.05, 3.63) is 83.7 Å². The van der Waals surface area contributed by atoms with Gasteiger partial charge in [-0.25, -0.2) is 4.68 Å². The fourth-order valence-corrected chi connectivity index (χ4v) is 5.05. The molecule has 2 aliphatic heterocycles. The van der Waals surface area contributed by atoms with Gasteiger partial charge in [-0.05, 0) is 30.5 Å². The van der Waals surface area contributed by atoms with E-state index in [-0.39, 0.29) is 23.8 Å². The molecule has 180 valence electrons. The lowest BCUT2D eigenvalue weighted by Crippen LogP contribution is -2.61. The molecular formula is C27H29N5O3. The van der Waals surface area contributed by atoms with Crippen molar-refractivity contribution < 1.29 is 14.4 Å². The highest BCUT2D eigenvalue weighted by Crippen LogP contribution is 2.25. The summed E-state index contributed by atoms with van der Waals surface area (Å²) in [6.45, 7) is 2.39. The lowest BCUT2D eigenvalue weighted by atomic mass is 10.0. The summed E-state index contributed by atoms with van der Waals surface area (Å²) in [5, 5.41) is 10.4. The number of benzene rings is 2. The van der Waals surface area contributed by atoms with Crippen molar-refractivity contribution in [1.82, 2.24) is 25.3 Å². The first-order valence-electron chi connectivity index (χ1n) is 12.1. The number of carbonyl (C=O) groups excluding carboxylic acids is 3. The maximum Gasteiger partial charge on any atom is 0.255 e. The molecule has 0 unspecified atom stereocenters. The largest absolute Gasteiger partial charge is 0.347 e. The molecule has 3 amide bonds. The second kappa shape index (κ2) is 9.74. The highest BCUT2D eigenvalue weighted by molar-refractivity contribution is 5.98. The summed E-state index contributed by atoms with van der Waals surface area (Å²) in [4.78, 5) is 40.8. The topological polar surface area (TPSA) is 96.3 Å². The molecular weight excluding hydrogens is 442 g/mol. The fraction of sp³-hybridized carbons (Fsp3) is 0.333. The smallest absolute Gasteiger partial charge is 0.255 e. The van der Waals surface area contributed by atoms with Gasteiger partial charge in [0.05, 0.1) is 23.1 Å². The van der Waals surface area contributed by atoms with E-state index < -0.39 is 12.1 Å². The van der Waals surface area contributed by atoms with Crippen LogP contribution < -0.4 is 10.6 Å². The first kappa shape index (κ1) is 22.8. The summed E-state index contributed by atoms with van der Waals surface area (Å²) in [6.07, 6.45) is 4.03. The second-order valence-electron chi connectivity index (χ2n) is 9.17. The Balaban J connectivity index is 1.29. The van der Waals surface area contributed by atoms with Gasteiger partial charge in [-0.1, -0.05) is 61.9 Å². The normalized spacial score (nSPS) is 21.5. The van der Waals surface area contributed by atoms with E-state index in [0.29, 0.717) is 31.4 Å². The Labute approximate surface area is 204 Å². The van der Waals surface area contributed by atoms with Crippen molar-refractivity contribution in [2.24, 2.45) is 0 Å². The van der Waals surface area contributed by atoms with Crippen molar-refractivity contribution in [3.63, 3.8) is 0 Å². The lowest BCUT2D eigenvalue weighted by molar-refractivity contribution is -0.147. The minimum absolute atomic E-state index is 0.0984. The van der Waals surface area contributed by atoms with Crippen molar-refractivity contribution in [2.75, 3.05) is 6.54 Å². The number of amides is 3. The van der Waals surface area contributed by atoms with Crippen molar-refractivity contribution in [2.45, 2.75) is 50.7 Å². The molecule has 0 radical (unpaired) electrons. The monoisotopic (exact) mass is 471 g/mol. The minimum atomic E-state index is -0.587. The maximum absolute atomic E-state index is 13.2. The Kier molecular flexibility index (Phi) is 6.35. The van der Waals surface area contributed by atoms with Gasteiger partial charge in [-0.2, -0.15) is 5.10 Å². The average molecular weight is 472 g/mol. The standard InChI is InChI=1S/C27H29N5O3/c1-2-9-23-21(16-28-32(23)20-12-7-4-8-13-20)25(33)29-19-15-24-26(34)30-22(27(35)31(24)17-19)14-18-10-5-3-6-11-18/h3-8,10-13,16,19,22,24H,2,9,14-15,17H2,1H3,(H,29,33)(H,30,34)/t19-,22+,24-/m0/s1. The summed E-state index contributed by atoms with van der Waals surface area (Å²) in [7, 11) is 0. The Morgan fingerprint density at radius 3 is 2.51 bits per heavy atom. The Morgan fingerprint density at radius 2 is 1.80 bits per heavy atom. The number of nitrogens with one attached hydrogen (secondary N) is 2. The van der Waals surface area contributed by atoms with Gasteiger partial charge in [-0.3, -0.25) is 14.4 Å². The van der Waals surface area contributed by atoms with Gasteiger partial charge in [-0.15, -0.1) is 0 Å². The first-order valence-corrected chi connectivity index (χ1v) is 12.1. The molecule has 2 N–H and O–H groups in total. The van der Waals surface area contributed by atoms with Crippen LogP contribution in [0.3, 0.4) is 0 Å². The van der Waals surface area contributed by atoms with E-state index in [1.165, 1.54) is 0 Å². The number of para-hydroxylation sites is 1. The van der Waals surface area contributed by atoms with E-state index in [2.05, 4.69) is 22.7 Å². The van der Waals surface area contributed by atoms with Crippen molar-refractivity contribution >= 4 is 17.7 Å². The van der Waals surface area contributed by atoms with Crippen molar-refractivity contribution in [1.29, 1.82) is 0 Å². The van der Waals surface area contributed by atoms with E-state index in [4.69, 9.17) is 0 Å². The van der Waals surface area contributed by atoms with Gasteiger partial charge in [0.25, 0.3) is 5.91 Å². The minimum Gasteiger partial charge on any atom is -0.347 e. The van der Waals surface area contributed by atoms with E-state index >= 15 is 0 Å². The van der Waals surface area contributed by atoms with Crippen LogP contribution in [0.15, 0.2) is 66.9 Å². The third-order valence-corrected chi connectivity index (χ3v) is 6.72. The number of carbonyl (C=O) groups is 3. The van der Waals surface area contributed by atoms with Crippen LogP contribution >= 0.6 is 0 Å². The van der Waals surface area contributed by atoms with Gasteiger partial charge >= 0.3 is 0 Å². The third-order valence-electron chi connectivity index (χ3n) is 6.72. The number of fused-ring (bicyclic) bond motifs is 1. The molecule has 0 aliphatic carbocycles. The quantitative estimate of drug-likeness (QED) is 0.553.